The highest BCUT2D eigenvalue weighted by Crippen LogP contribution is 2.21. The van der Waals surface area contributed by atoms with Gasteiger partial charge in [-0.15, -0.1) is 0 Å². The Morgan fingerprint density at radius 1 is 1.08 bits per heavy atom. The van der Waals surface area contributed by atoms with E-state index in [1.807, 2.05) is 65.0 Å². The van der Waals surface area contributed by atoms with Crippen molar-refractivity contribution in [3.05, 3.63) is 84.3 Å². The van der Waals surface area contributed by atoms with Crippen molar-refractivity contribution in [3.8, 4) is 0 Å². The number of hydrogen-bond acceptors (Lipinski definition) is 2. The molecule has 0 atom stereocenters. The predicted octanol–water partition coefficient (Wildman–Crippen LogP) is 3.60. The minimum Gasteiger partial charge on any atom is -0.350 e. The number of anilines is 1. The molecule has 0 saturated heterocycles. The number of nitrogens with one attached hydrogen (secondary N) is 1. The van der Waals surface area contributed by atoms with E-state index in [2.05, 4.69) is 28.5 Å². The van der Waals surface area contributed by atoms with Crippen molar-refractivity contribution < 1.29 is 4.79 Å². The van der Waals surface area contributed by atoms with Crippen molar-refractivity contribution in [3.63, 3.8) is 0 Å². The Labute approximate surface area is 151 Å². The van der Waals surface area contributed by atoms with Crippen molar-refractivity contribution in [2.75, 3.05) is 5.32 Å². The molecule has 5 nitrogen and oxygen atoms in total. The largest absolute Gasteiger partial charge is 0.350 e. The summed E-state index contributed by atoms with van der Waals surface area (Å²) in [5, 5.41) is 4.05. The van der Waals surface area contributed by atoms with E-state index in [0.717, 1.165) is 22.0 Å². The lowest BCUT2D eigenvalue weighted by atomic mass is 10.1. The second kappa shape index (κ2) is 6.88. The zero-order chi connectivity index (χ0) is 17.9. The van der Waals surface area contributed by atoms with Crippen molar-refractivity contribution in [2.24, 2.45) is 7.05 Å². The quantitative estimate of drug-likeness (QED) is 0.601. The Bertz CT molecular complexity index is 1050. The average molecular weight is 344 g/mol. The van der Waals surface area contributed by atoms with Gasteiger partial charge in [0.25, 0.3) is 0 Å². The molecule has 2 heterocycles. The second-order valence-corrected chi connectivity index (χ2v) is 6.37. The van der Waals surface area contributed by atoms with Gasteiger partial charge in [-0.25, -0.2) is 4.98 Å². The number of carbonyl (C=O) groups is 1. The van der Waals surface area contributed by atoms with E-state index in [0.29, 0.717) is 18.9 Å². The average Bonchev–Trinajstić information content (AvgIpc) is 3.21. The number of benzene rings is 2. The molecule has 0 radical (unpaired) electrons. The monoisotopic (exact) mass is 344 g/mol. The summed E-state index contributed by atoms with van der Waals surface area (Å²) >= 11 is 0. The Kier molecular flexibility index (Phi) is 4.27. The maximum atomic E-state index is 12.6. The van der Waals surface area contributed by atoms with Crippen LogP contribution in [0.3, 0.4) is 0 Å². The van der Waals surface area contributed by atoms with Gasteiger partial charge in [0.15, 0.2) is 0 Å². The van der Waals surface area contributed by atoms with Crippen LogP contribution in [0.25, 0.3) is 10.9 Å². The molecule has 0 saturated carbocycles. The molecule has 2 aromatic carbocycles. The molecule has 4 rings (SSSR count). The summed E-state index contributed by atoms with van der Waals surface area (Å²) in [5.41, 5.74) is 3.30. The number of rotatable bonds is 5. The normalized spacial score (nSPS) is 11.0. The summed E-state index contributed by atoms with van der Waals surface area (Å²) in [4.78, 5) is 16.9. The van der Waals surface area contributed by atoms with E-state index in [-0.39, 0.29) is 5.91 Å². The number of nitrogens with zero attached hydrogens (tertiary/aromatic N) is 3. The Morgan fingerprint density at radius 3 is 2.69 bits per heavy atom. The molecule has 0 bridgehead atoms. The highest BCUT2D eigenvalue weighted by molar-refractivity contribution is 5.95. The minimum absolute atomic E-state index is 0.0677. The van der Waals surface area contributed by atoms with Crippen LogP contribution in [0.5, 0.6) is 0 Å². The van der Waals surface area contributed by atoms with Crippen LogP contribution in [0.4, 0.5) is 5.95 Å². The first kappa shape index (κ1) is 16.1. The molecule has 0 fully saturated rings. The summed E-state index contributed by atoms with van der Waals surface area (Å²) in [6, 6.07) is 18.2. The fourth-order valence-corrected chi connectivity index (χ4v) is 3.25. The van der Waals surface area contributed by atoms with Crippen LogP contribution in [0.1, 0.15) is 11.1 Å². The van der Waals surface area contributed by atoms with Crippen LogP contribution < -0.4 is 5.32 Å². The molecule has 4 aromatic rings. The molecular formula is C21H20N4O. The number of hydrogen-bond donors (Lipinski definition) is 1. The predicted molar refractivity (Wildman–Crippen MR) is 103 cm³/mol. The van der Waals surface area contributed by atoms with Gasteiger partial charge in [-0.2, -0.15) is 0 Å². The summed E-state index contributed by atoms with van der Waals surface area (Å²) in [6.07, 6.45) is 5.91. The molecule has 0 aliphatic rings. The third kappa shape index (κ3) is 3.24. The molecule has 130 valence electrons. The smallest absolute Gasteiger partial charge is 0.231 e. The van der Waals surface area contributed by atoms with Gasteiger partial charge in [0, 0.05) is 36.5 Å². The number of fused-ring (bicyclic) bond motifs is 1. The van der Waals surface area contributed by atoms with Gasteiger partial charge >= 0.3 is 0 Å². The highest BCUT2D eigenvalue weighted by Gasteiger charge is 2.13. The van der Waals surface area contributed by atoms with E-state index in [1.165, 1.54) is 0 Å². The molecule has 1 N–H and O–H groups in total. The van der Waals surface area contributed by atoms with Crippen LogP contribution in [-0.2, 0) is 24.8 Å². The van der Waals surface area contributed by atoms with E-state index in [4.69, 9.17) is 0 Å². The van der Waals surface area contributed by atoms with Crippen LogP contribution in [-0.4, -0.2) is 20.0 Å². The Balaban J connectivity index is 1.50. The van der Waals surface area contributed by atoms with Crippen LogP contribution in [0, 0.1) is 0 Å². The van der Waals surface area contributed by atoms with Crippen molar-refractivity contribution in [2.45, 2.75) is 13.0 Å². The van der Waals surface area contributed by atoms with Gasteiger partial charge in [-0.05, 0) is 17.2 Å². The third-order valence-electron chi connectivity index (χ3n) is 4.49. The van der Waals surface area contributed by atoms with Crippen molar-refractivity contribution >= 4 is 22.8 Å². The molecule has 5 heteroatoms. The Hall–Kier alpha value is -3.34. The molecule has 0 unspecified atom stereocenters. The van der Waals surface area contributed by atoms with Crippen LogP contribution in [0.15, 0.2) is 73.2 Å². The first-order chi connectivity index (χ1) is 12.7. The van der Waals surface area contributed by atoms with Crippen molar-refractivity contribution in [1.82, 2.24) is 14.1 Å². The van der Waals surface area contributed by atoms with Gasteiger partial charge in [0.1, 0.15) is 0 Å². The van der Waals surface area contributed by atoms with E-state index < -0.39 is 0 Å². The van der Waals surface area contributed by atoms with Gasteiger partial charge in [-0.3, -0.25) is 10.1 Å². The maximum absolute atomic E-state index is 12.6. The first-order valence-electron chi connectivity index (χ1n) is 8.58. The molecule has 0 aliphatic heterocycles. The molecule has 2 aromatic heterocycles. The molecule has 1 amide bonds. The minimum atomic E-state index is -0.0677. The van der Waals surface area contributed by atoms with Gasteiger partial charge < -0.3 is 9.13 Å². The topological polar surface area (TPSA) is 51.9 Å². The van der Waals surface area contributed by atoms with E-state index in [1.54, 1.807) is 6.20 Å². The van der Waals surface area contributed by atoms with Gasteiger partial charge in [0.2, 0.25) is 11.9 Å². The maximum Gasteiger partial charge on any atom is 0.231 e. The zero-order valence-corrected chi connectivity index (χ0v) is 14.6. The number of para-hydroxylation sites is 1. The summed E-state index contributed by atoms with van der Waals surface area (Å²) in [7, 11) is 2.00. The number of carbonyl (C=O) groups excluding carboxylic acids is 1. The lowest BCUT2D eigenvalue weighted by Crippen LogP contribution is -2.18. The molecule has 26 heavy (non-hydrogen) atoms. The van der Waals surface area contributed by atoms with E-state index in [9.17, 15) is 4.79 Å². The number of aryl methyl sites for hydroxylation is 1. The number of amides is 1. The fourth-order valence-electron chi connectivity index (χ4n) is 3.25. The molecular weight excluding hydrogens is 324 g/mol. The van der Waals surface area contributed by atoms with Crippen molar-refractivity contribution in [1.29, 1.82) is 0 Å². The third-order valence-corrected chi connectivity index (χ3v) is 4.49. The van der Waals surface area contributed by atoms with Crippen LogP contribution >= 0.6 is 0 Å². The first-order valence-corrected chi connectivity index (χ1v) is 8.58. The fraction of sp³-hybridized carbons (Fsp3) is 0.143. The second-order valence-electron chi connectivity index (χ2n) is 6.37. The Morgan fingerprint density at radius 2 is 1.85 bits per heavy atom. The summed E-state index contributed by atoms with van der Waals surface area (Å²) in [5.74, 6) is 0.501. The zero-order valence-electron chi connectivity index (χ0n) is 14.6. The lowest BCUT2D eigenvalue weighted by Gasteiger charge is -2.09. The van der Waals surface area contributed by atoms with Crippen LogP contribution in [0.2, 0.25) is 0 Å². The molecule has 0 spiro atoms. The van der Waals surface area contributed by atoms with Gasteiger partial charge in [-0.1, -0.05) is 48.5 Å². The highest BCUT2D eigenvalue weighted by atomic mass is 16.1. The SMILES string of the molecule is Cn1cc(CC(=O)Nc2nccn2Cc2ccccc2)c2ccccc21. The number of aromatic nitrogens is 3. The van der Waals surface area contributed by atoms with E-state index >= 15 is 0 Å². The summed E-state index contributed by atoms with van der Waals surface area (Å²) < 4.78 is 3.99. The summed E-state index contributed by atoms with van der Waals surface area (Å²) in [6.45, 7) is 0.671. The standard InChI is InChI=1S/C21H20N4O/c1-24-15-17(18-9-5-6-10-19(18)24)13-20(26)23-21-22-11-12-25(21)14-16-7-3-2-4-8-16/h2-12,15H,13-14H2,1H3,(H,22,23,26). The molecule has 0 aliphatic carbocycles. The van der Waals surface area contributed by atoms with Gasteiger partial charge in [0.05, 0.1) is 13.0 Å². The number of imidazole rings is 1. The lowest BCUT2D eigenvalue weighted by molar-refractivity contribution is -0.115.